The third kappa shape index (κ3) is 4.62. The zero-order valence-electron chi connectivity index (χ0n) is 17.8. The first-order valence-corrected chi connectivity index (χ1v) is 12.7. The van der Waals surface area contributed by atoms with Crippen molar-refractivity contribution in [2.24, 2.45) is 29.1 Å². The van der Waals surface area contributed by atoms with Crippen LogP contribution in [0, 0.1) is 29.1 Å². The molecule has 0 heterocycles. The van der Waals surface area contributed by atoms with Gasteiger partial charge in [0.05, 0.1) is 11.7 Å². The first kappa shape index (κ1) is 20.7. The van der Waals surface area contributed by atoms with E-state index in [1.165, 1.54) is 19.3 Å². The third-order valence-electron chi connectivity index (χ3n) is 6.91. The first-order valence-electron chi connectivity index (χ1n) is 10.9. The highest BCUT2D eigenvalue weighted by Gasteiger charge is 2.55. The van der Waals surface area contributed by atoms with Gasteiger partial charge in [-0.1, -0.05) is 26.0 Å². The Morgan fingerprint density at radius 3 is 2.03 bits per heavy atom. The minimum absolute atomic E-state index is 0.136. The van der Waals surface area contributed by atoms with Crippen LogP contribution in [0.2, 0.25) is 0 Å². The Labute approximate surface area is 174 Å². The topological polar surface area (TPSA) is 63.7 Å². The lowest BCUT2D eigenvalue weighted by molar-refractivity contribution is -0.158. The van der Waals surface area contributed by atoms with Crippen LogP contribution >= 0.6 is 0 Å². The monoisotopic (exact) mass is 419 g/mol. The van der Waals surface area contributed by atoms with E-state index in [0.717, 1.165) is 55.4 Å². The number of benzene rings is 1. The molecule has 6 heteroatoms. The fraction of sp³-hybridized carbons (Fsp3) is 0.696. The molecule has 1 amide bonds. The van der Waals surface area contributed by atoms with Gasteiger partial charge in [0.2, 0.25) is 5.91 Å². The van der Waals surface area contributed by atoms with E-state index in [4.69, 9.17) is 4.18 Å². The Morgan fingerprint density at radius 2 is 1.59 bits per heavy atom. The van der Waals surface area contributed by atoms with Gasteiger partial charge in [-0.3, -0.25) is 4.79 Å². The molecule has 29 heavy (non-hydrogen) atoms. The van der Waals surface area contributed by atoms with Crippen LogP contribution in [0.4, 0.5) is 0 Å². The van der Waals surface area contributed by atoms with Crippen molar-refractivity contribution >= 4 is 16.0 Å². The SMILES string of the molecule is CC(C)CN(Cc1ccc(OS(C)(=O)=O)cc1)C(=O)C12CC3CC(CC(C3)C1)C2. The number of carbonyl (C=O) groups is 1. The van der Waals surface area contributed by atoms with Crippen molar-refractivity contribution in [3.63, 3.8) is 0 Å². The van der Waals surface area contributed by atoms with E-state index >= 15 is 0 Å². The van der Waals surface area contributed by atoms with Crippen molar-refractivity contribution in [3.05, 3.63) is 29.8 Å². The summed E-state index contributed by atoms with van der Waals surface area (Å²) in [5.41, 5.74) is 0.868. The molecule has 0 N–H and O–H groups in total. The van der Waals surface area contributed by atoms with Gasteiger partial charge in [0.15, 0.2) is 0 Å². The van der Waals surface area contributed by atoms with Crippen molar-refractivity contribution in [2.75, 3.05) is 12.8 Å². The lowest BCUT2D eigenvalue weighted by Gasteiger charge is -2.56. The zero-order chi connectivity index (χ0) is 20.8. The summed E-state index contributed by atoms with van der Waals surface area (Å²) in [5.74, 6) is 3.30. The second-order valence-electron chi connectivity index (χ2n) is 10.2. The highest BCUT2D eigenvalue weighted by atomic mass is 32.2. The maximum atomic E-state index is 13.8. The Balaban J connectivity index is 1.51. The summed E-state index contributed by atoms with van der Waals surface area (Å²) in [7, 11) is -3.53. The molecule has 4 fully saturated rings. The van der Waals surface area contributed by atoms with Gasteiger partial charge in [0, 0.05) is 13.1 Å². The molecule has 4 aliphatic carbocycles. The molecule has 5 rings (SSSR count). The van der Waals surface area contributed by atoms with Gasteiger partial charge in [-0.15, -0.1) is 0 Å². The number of nitrogens with zero attached hydrogens (tertiary/aromatic N) is 1. The number of hydrogen-bond acceptors (Lipinski definition) is 4. The molecule has 0 unspecified atom stereocenters. The molecule has 0 spiro atoms. The molecule has 0 aliphatic heterocycles. The first-order chi connectivity index (χ1) is 13.6. The van der Waals surface area contributed by atoms with Crippen molar-refractivity contribution < 1.29 is 17.4 Å². The van der Waals surface area contributed by atoms with E-state index in [0.29, 0.717) is 24.1 Å². The average Bonchev–Trinajstić information content (AvgIpc) is 2.59. The zero-order valence-corrected chi connectivity index (χ0v) is 18.6. The molecule has 0 atom stereocenters. The molecular formula is C23H33NO4S. The molecular weight excluding hydrogens is 386 g/mol. The minimum Gasteiger partial charge on any atom is -0.383 e. The Kier molecular flexibility index (Phi) is 5.43. The summed E-state index contributed by atoms with van der Waals surface area (Å²) in [6.45, 7) is 5.63. The molecule has 4 saturated carbocycles. The number of hydrogen-bond donors (Lipinski definition) is 0. The molecule has 1 aromatic rings. The lowest BCUT2D eigenvalue weighted by atomic mass is 9.49. The second kappa shape index (κ2) is 7.60. The molecule has 5 nitrogen and oxygen atoms in total. The predicted molar refractivity (Wildman–Crippen MR) is 113 cm³/mol. The Hall–Kier alpha value is -1.56. The minimum atomic E-state index is -3.53. The summed E-state index contributed by atoms with van der Waals surface area (Å²) in [5, 5.41) is 0. The maximum absolute atomic E-state index is 13.8. The second-order valence-corrected chi connectivity index (χ2v) is 11.8. The third-order valence-corrected chi connectivity index (χ3v) is 7.40. The van der Waals surface area contributed by atoms with Crippen LogP contribution in [0.3, 0.4) is 0 Å². The largest absolute Gasteiger partial charge is 0.383 e. The van der Waals surface area contributed by atoms with E-state index in [1.807, 2.05) is 12.1 Å². The fourth-order valence-electron chi connectivity index (χ4n) is 6.41. The molecule has 4 aliphatic rings. The summed E-state index contributed by atoms with van der Waals surface area (Å²) in [6, 6.07) is 7.06. The molecule has 0 aromatic heterocycles. The summed E-state index contributed by atoms with van der Waals surface area (Å²) in [6.07, 6.45) is 8.26. The van der Waals surface area contributed by atoms with Crippen LogP contribution in [0.5, 0.6) is 5.75 Å². The van der Waals surface area contributed by atoms with Crippen LogP contribution < -0.4 is 4.18 Å². The quantitative estimate of drug-likeness (QED) is 0.621. The van der Waals surface area contributed by atoms with Gasteiger partial charge in [-0.05, 0) is 79.9 Å². The van der Waals surface area contributed by atoms with Crippen molar-refractivity contribution in [1.29, 1.82) is 0 Å². The highest BCUT2D eigenvalue weighted by molar-refractivity contribution is 7.86. The van der Waals surface area contributed by atoms with Crippen LogP contribution in [0.25, 0.3) is 0 Å². The smallest absolute Gasteiger partial charge is 0.306 e. The van der Waals surface area contributed by atoms with Crippen LogP contribution in [-0.2, 0) is 21.5 Å². The van der Waals surface area contributed by atoms with Crippen molar-refractivity contribution in [1.82, 2.24) is 4.90 Å². The highest BCUT2D eigenvalue weighted by Crippen LogP contribution is 2.60. The van der Waals surface area contributed by atoms with E-state index < -0.39 is 10.1 Å². The van der Waals surface area contributed by atoms with E-state index in [9.17, 15) is 13.2 Å². The number of rotatable bonds is 7. The van der Waals surface area contributed by atoms with E-state index in [-0.39, 0.29) is 5.41 Å². The van der Waals surface area contributed by atoms with E-state index in [2.05, 4.69) is 18.7 Å². The molecule has 160 valence electrons. The van der Waals surface area contributed by atoms with Gasteiger partial charge in [0.25, 0.3) is 0 Å². The summed E-state index contributed by atoms with van der Waals surface area (Å²) < 4.78 is 27.5. The van der Waals surface area contributed by atoms with Crippen molar-refractivity contribution in [3.8, 4) is 5.75 Å². The van der Waals surface area contributed by atoms with E-state index in [1.54, 1.807) is 12.1 Å². The normalized spacial score (nSPS) is 30.6. The van der Waals surface area contributed by atoms with Crippen LogP contribution in [0.15, 0.2) is 24.3 Å². The molecule has 0 saturated heterocycles. The standard InChI is InChI=1S/C23H33NO4S/c1-16(2)14-24(15-17-4-6-21(7-5-17)28-29(3,26)27)22(25)23-11-18-8-19(12-23)10-20(9-18)13-23/h4-7,16,18-20H,8-15H2,1-3H3. The summed E-state index contributed by atoms with van der Waals surface area (Å²) >= 11 is 0. The molecule has 0 radical (unpaired) electrons. The predicted octanol–water partition coefficient (Wildman–Crippen LogP) is 4.23. The van der Waals surface area contributed by atoms with Gasteiger partial charge in [-0.2, -0.15) is 8.42 Å². The van der Waals surface area contributed by atoms with Gasteiger partial charge in [-0.25, -0.2) is 0 Å². The Morgan fingerprint density at radius 1 is 1.07 bits per heavy atom. The average molecular weight is 420 g/mol. The van der Waals surface area contributed by atoms with Crippen LogP contribution in [-0.4, -0.2) is 32.0 Å². The maximum Gasteiger partial charge on any atom is 0.306 e. The van der Waals surface area contributed by atoms with Gasteiger partial charge in [0.1, 0.15) is 5.75 Å². The molecule has 4 bridgehead atoms. The summed E-state index contributed by atoms with van der Waals surface area (Å²) in [4.78, 5) is 15.9. The molecule has 1 aromatic carbocycles. The lowest BCUT2D eigenvalue weighted by Crippen LogP contribution is -2.54. The number of carbonyl (C=O) groups excluding carboxylic acids is 1. The fourth-order valence-corrected chi connectivity index (χ4v) is 6.87. The number of amides is 1. The van der Waals surface area contributed by atoms with Crippen LogP contribution in [0.1, 0.15) is 57.9 Å². The van der Waals surface area contributed by atoms with Gasteiger partial charge >= 0.3 is 10.1 Å². The van der Waals surface area contributed by atoms with Gasteiger partial charge < -0.3 is 9.08 Å². The van der Waals surface area contributed by atoms with Crippen molar-refractivity contribution in [2.45, 2.75) is 58.9 Å². The Bertz CT molecular complexity index is 824.